The lowest BCUT2D eigenvalue weighted by Gasteiger charge is -2.40. The highest BCUT2D eigenvalue weighted by Crippen LogP contribution is 2.35. The number of ether oxygens (including phenoxy) is 2. The van der Waals surface area contributed by atoms with E-state index in [9.17, 15) is 24.0 Å². The third-order valence-corrected chi connectivity index (χ3v) is 12.6. The zero-order chi connectivity index (χ0) is 39.4. The number of esters is 1. The van der Waals surface area contributed by atoms with Gasteiger partial charge in [0.25, 0.3) is 0 Å². The topological polar surface area (TPSA) is 134 Å². The van der Waals surface area contributed by atoms with E-state index in [1.807, 2.05) is 84.9 Å². The van der Waals surface area contributed by atoms with Gasteiger partial charge in [-0.05, 0) is 99.6 Å². The number of piperidine rings is 1. The van der Waals surface area contributed by atoms with Gasteiger partial charge in [-0.25, -0.2) is 4.79 Å². The second kappa shape index (κ2) is 19.8. The molecule has 12 heteroatoms. The SMILES string of the molecule is COC(=O)[C@@H]1CCC[C@@H]2SCC[C@H](NC(=O)[C@H](CC[C@H](Cc3ccccc3)C(=O)N[C@H]3CCCCN(c4cccc(OC)c4)C3=O)Cc3ccccc3)C(=O)N21. The Labute approximate surface area is 334 Å². The number of anilines is 1. The Hall–Kier alpha value is -4.84. The maximum absolute atomic E-state index is 14.3. The molecule has 6 rings (SSSR count). The Morgan fingerprint density at radius 2 is 1.36 bits per heavy atom. The third kappa shape index (κ3) is 10.3. The summed E-state index contributed by atoms with van der Waals surface area (Å²) in [7, 11) is 2.93. The lowest BCUT2D eigenvalue weighted by molar-refractivity contribution is -0.156. The summed E-state index contributed by atoms with van der Waals surface area (Å²) in [4.78, 5) is 72.8. The number of thioether (sulfide) groups is 1. The predicted octanol–water partition coefficient (Wildman–Crippen LogP) is 5.70. The van der Waals surface area contributed by atoms with Crippen LogP contribution in [-0.4, -0.2) is 84.5 Å². The van der Waals surface area contributed by atoms with E-state index in [0.717, 1.165) is 42.5 Å². The lowest BCUT2D eigenvalue weighted by Crippen LogP contribution is -2.57. The summed E-state index contributed by atoms with van der Waals surface area (Å²) in [6, 6.07) is 24.8. The molecule has 56 heavy (non-hydrogen) atoms. The highest BCUT2D eigenvalue weighted by molar-refractivity contribution is 7.99. The molecule has 3 aromatic rings. The van der Waals surface area contributed by atoms with Crippen LogP contribution in [0.5, 0.6) is 5.75 Å². The summed E-state index contributed by atoms with van der Waals surface area (Å²) in [6.07, 6.45) is 6.36. The van der Waals surface area contributed by atoms with Crippen LogP contribution in [0.4, 0.5) is 5.69 Å². The first-order valence-corrected chi connectivity index (χ1v) is 21.0. The quantitative estimate of drug-likeness (QED) is 0.199. The van der Waals surface area contributed by atoms with Crippen LogP contribution in [0.25, 0.3) is 0 Å². The molecule has 3 saturated heterocycles. The van der Waals surface area contributed by atoms with Crippen LogP contribution in [0.3, 0.4) is 0 Å². The van der Waals surface area contributed by atoms with Crippen molar-refractivity contribution in [1.29, 1.82) is 0 Å². The number of fused-ring (bicyclic) bond motifs is 1. The molecule has 0 saturated carbocycles. The highest BCUT2D eigenvalue weighted by Gasteiger charge is 2.44. The van der Waals surface area contributed by atoms with Gasteiger partial charge in [0.2, 0.25) is 23.6 Å². The molecule has 0 unspecified atom stereocenters. The molecule has 3 aromatic carbocycles. The average molecular weight is 783 g/mol. The number of rotatable bonds is 14. The van der Waals surface area contributed by atoms with Gasteiger partial charge in [-0.15, -0.1) is 11.8 Å². The number of amides is 4. The first-order chi connectivity index (χ1) is 27.2. The molecule has 298 valence electrons. The van der Waals surface area contributed by atoms with Crippen LogP contribution >= 0.6 is 11.8 Å². The second-order valence-electron chi connectivity index (χ2n) is 15.0. The van der Waals surface area contributed by atoms with E-state index in [0.29, 0.717) is 63.0 Å². The molecule has 0 aromatic heterocycles. The van der Waals surface area contributed by atoms with Gasteiger partial charge >= 0.3 is 5.97 Å². The van der Waals surface area contributed by atoms with Crippen molar-refractivity contribution in [2.45, 2.75) is 94.1 Å². The predicted molar refractivity (Wildman–Crippen MR) is 217 cm³/mol. The standard InChI is InChI=1S/C44H54N4O7S/c1-54-35-18-11-17-34(29-35)47-25-10-9-19-36(42(47)51)45-40(49)32(27-30-13-5-3-6-14-30)22-23-33(28-31-15-7-4-8-16-31)41(50)46-37-24-26-56-39-21-12-20-38(44(53)55-2)48(39)43(37)52/h3-8,11,13-18,29,32-33,36-39H,9-10,12,19-28H2,1-2H3,(H,45,49)(H,46,50)/t32-,33-,36+,37+,38+,39+/m1/s1. The molecular formula is C44H54N4O7S. The van der Waals surface area contributed by atoms with Crippen molar-refractivity contribution >= 4 is 47.0 Å². The van der Waals surface area contributed by atoms with Crippen LogP contribution in [0, 0.1) is 11.8 Å². The van der Waals surface area contributed by atoms with Gasteiger partial charge in [0.15, 0.2) is 0 Å². The normalized spacial score (nSPS) is 22.5. The summed E-state index contributed by atoms with van der Waals surface area (Å²) >= 11 is 1.65. The number of carbonyl (C=O) groups is 5. The van der Waals surface area contributed by atoms with Crippen LogP contribution in [-0.2, 0) is 41.6 Å². The largest absolute Gasteiger partial charge is 0.497 e. The van der Waals surface area contributed by atoms with Gasteiger partial charge in [0.05, 0.1) is 19.6 Å². The van der Waals surface area contributed by atoms with Crippen molar-refractivity contribution in [2.75, 3.05) is 31.4 Å². The maximum atomic E-state index is 14.3. The van der Waals surface area contributed by atoms with Crippen LogP contribution < -0.4 is 20.3 Å². The van der Waals surface area contributed by atoms with E-state index in [4.69, 9.17) is 9.47 Å². The molecule has 3 heterocycles. The van der Waals surface area contributed by atoms with E-state index in [1.54, 1.807) is 28.7 Å². The van der Waals surface area contributed by atoms with Crippen molar-refractivity contribution in [2.24, 2.45) is 11.8 Å². The Morgan fingerprint density at radius 3 is 1.96 bits per heavy atom. The first kappa shape index (κ1) is 40.8. The van der Waals surface area contributed by atoms with Gasteiger partial charge in [-0.3, -0.25) is 19.2 Å². The van der Waals surface area contributed by atoms with Gasteiger partial charge < -0.3 is 29.9 Å². The molecule has 2 N–H and O–H groups in total. The van der Waals surface area contributed by atoms with Gasteiger partial charge in [-0.1, -0.05) is 66.7 Å². The molecule has 0 spiro atoms. The van der Waals surface area contributed by atoms with E-state index >= 15 is 0 Å². The number of nitrogens with zero attached hydrogens (tertiary/aromatic N) is 2. The van der Waals surface area contributed by atoms with Crippen LogP contribution in [0.15, 0.2) is 84.9 Å². The first-order valence-electron chi connectivity index (χ1n) is 19.9. The molecule has 3 aliphatic rings. The number of nitrogens with one attached hydrogen (secondary N) is 2. The van der Waals surface area contributed by atoms with Gasteiger partial charge in [0, 0.05) is 30.1 Å². The zero-order valence-corrected chi connectivity index (χ0v) is 33.2. The Bertz CT molecular complexity index is 1810. The second-order valence-corrected chi connectivity index (χ2v) is 16.3. The molecule has 6 atom stereocenters. The minimum atomic E-state index is -0.777. The Balaban J connectivity index is 1.20. The number of hydrogen-bond acceptors (Lipinski definition) is 8. The number of methoxy groups -OCH3 is 2. The summed E-state index contributed by atoms with van der Waals surface area (Å²) in [5.74, 6) is -1.05. The minimum absolute atomic E-state index is 0.137. The molecule has 3 fully saturated rings. The summed E-state index contributed by atoms with van der Waals surface area (Å²) in [5, 5.41) is 6.09. The summed E-state index contributed by atoms with van der Waals surface area (Å²) in [6.45, 7) is 0.548. The molecule has 3 aliphatic heterocycles. The third-order valence-electron chi connectivity index (χ3n) is 11.3. The molecule has 11 nitrogen and oxygen atoms in total. The van der Waals surface area contributed by atoms with Gasteiger partial charge in [-0.2, -0.15) is 0 Å². The fourth-order valence-corrected chi connectivity index (χ4v) is 9.58. The zero-order valence-electron chi connectivity index (χ0n) is 32.4. The molecule has 4 amide bonds. The van der Waals surface area contributed by atoms with E-state index < -0.39 is 35.9 Å². The number of carbonyl (C=O) groups excluding carboxylic acids is 5. The smallest absolute Gasteiger partial charge is 0.328 e. The van der Waals surface area contributed by atoms with Crippen molar-refractivity contribution in [3.63, 3.8) is 0 Å². The summed E-state index contributed by atoms with van der Waals surface area (Å²) in [5.41, 5.74) is 2.69. The Morgan fingerprint density at radius 1 is 0.732 bits per heavy atom. The van der Waals surface area contributed by atoms with E-state index in [2.05, 4.69) is 10.6 Å². The monoisotopic (exact) mass is 782 g/mol. The van der Waals surface area contributed by atoms with Crippen molar-refractivity contribution in [1.82, 2.24) is 15.5 Å². The average Bonchev–Trinajstić information content (AvgIpc) is 3.51. The number of benzene rings is 3. The fourth-order valence-electron chi connectivity index (χ4n) is 8.19. The van der Waals surface area contributed by atoms with Crippen LogP contribution in [0.1, 0.15) is 68.9 Å². The highest BCUT2D eigenvalue weighted by atomic mass is 32.2. The number of hydrogen-bond donors (Lipinski definition) is 2. The van der Waals surface area contributed by atoms with E-state index in [-0.39, 0.29) is 29.0 Å². The molecule has 0 bridgehead atoms. The molecule has 0 aliphatic carbocycles. The van der Waals surface area contributed by atoms with Crippen molar-refractivity contribution in [3.05, 3.63) is 96.1 Å². The minimum Gasteiger partial charge on any atom is -0.497 e. The molecule has 0 radical (unpaired) electrons. The Kier molecular flexibility index (Phi) is 14.5. The maximum Gasteiger partial charge on any atom is 0.328 e. The van der Waals surface area contributed by atoms with E-state index in [1.165, 1.54) is 7.11 Å². The lowest BCUT2D eigenvalue weighted by atomic mass is 9.86. The fraction of sp³-hybridized carbons (Fsp3) is 0.477. The van der Waals surface area contributed by atoms with Crippen LogP contribution in [0.2, 0.25) is 0 Å². The van der Waals surface area contributed by atoms with Gasteiger partial charge in [0.1, 0.15) is 23.9 Å². The summed E-state index contributed by atoms with van der Waals surface area (Å²) < 4.78 is 10.5. The van der Waals surface area contributed by atoms with Crippen molar-refractivity contribution < 1.29 is 33.4 Å². The molecular weight excluding hydrogens is 729 g/mol. The van der Waals surface area contributed by atoms with Crippen molar-refractivity contribution in [3.8, 4) is 5.75 Å².